The van der Waals surface area contributed by atoms with Crippen LogP contribution in [0.2, 0.25) is 0 Å². The molecular weight excluding hydrogens is 204 g/mol. The maximum Gasteiger partial charge on any atom is 0.256 e. The van der Waals surface area contributed by atoms with Gasteiger partial charge in [-0.25, -0.2) is 0 Å². The van der Waals surface area contributed by atoms with E-state index in [2.05, 4.69) is 0 Å². The van der Waals surface area contributed by atoms with Crippen LogP contribution in [0.4, 0.5) is 5.69 Å². The fourth-order valence-electron chi connectivity index (χ4n) is 1.92. The highest BCUT2D eigenvalue weighted by Crippen LogP contribution is 2.34. The van der Waals surface area contributed by atoms with E-state index in [-0.39, 0.29) is 12.0 Å². The average Bonchev–Trinajstić information content (AvgIpc) is 2.49. The number of anilines is 1. The summed E-state index contributed by atoms with van der Waals surface area (Å²) in [6.07, 6.45) is 0.0914. The molecule has 1 amide bonds. The van der Waals surface area contributed by atoms with E-state index in [9.17, 15) is 4.79 Å². The summed E-state index contributed by atoms with van der Waals surface area (Å²) in [6.45, 7) is 4.49. The third-order valence-corrected chi connectivity index (χ3v) is 2.62. The SMILES string of the molecule is CC(C)Oc1ccc(N)c2c1CN(C)C2=O. The number of rotatable bonds is 2. The van der Waals surface area contributed by atoms with E-state index >= 15 is 0 Å². The summed E-state index contributed by atoms with van der Waals surface area (Å²) >= 11 is 0. The van der Waals surface area contributed by atoms with Crippen molar-refractivity contribution in [1.82, 2.24) is 4.90 Å². The molecule has 0 aliphatic carbocycles. The summed E-state index contributed by atoms with van der Waals surface area (Å²) < 4.78 is 5.67. The monoisotopic (exact) mass is 220 g/mol. The first-order valence-corrected chi connectivity index (χ1v) is 5.34. The summed E-state index contributed by atoms with van der Waals surface area (Å²) in [5, 5.41) is 0. The van der Waals surface area contributed by atoms with E-state index in [1.54, 1.807) is 18.0 Å². The van der Waals surface area contributed by atoms with Crippen molar-refractivity contribution in [2.75, 3.05) is 12.8 Å². The lowest BCUT2D eigenvalue weighted by Gasteiger charge is -2.13. The maximum atomic E-state index is 11.8. The first kappa shape index (κ1) is 10.8. The van der Waals surface area contributed by atoms with Crippen molar-refractivity contribution in [1.29, 1.82) is 0 Å². The minimum absolute atomic E-state index is 0.0262. The van der Waals surface area contributed by atoms with Crippen molar-refractivity contribution in [3.63, 3.8) is 0 Å². The first-order chi connectivity index (χ1) is 7.50. The van der Waals surface area contributed by atoms with Gasteiger partial charge in [0, 0.05) is 18.3 Å². The Balaban J connectivity index is 2.49. The Bertz CT molecular complexity index is 441. The number of amides is 1. The van der Waals surface area contributed by atoms with Crippen molar-refractivity contribution in [2.24, 2.45) is 0 Å². The Morgan fingerprint density at radius 3 is 2.75 bits per heavy atom. The van der Waals surface area contributed by atoms with Gasteiger partial charge in [0.1, 0.15) is 5.75 Å². The van der Waals surface area contributed by atoms with Gasteiger partial charge in [-0.05, 0) is 26.0 Å². The molecule has 2 rings (SSSR count). The van der Waals surface area contributed by atoms with Crippen LogP contribution in [-0.4, -0.2) is 24.0 Å². The van der Waals surface area contributed by atoms with Gasteiger partial charge in [-0.15, -0.1) is 0 Å². The molecule has 16 heavy (non-hydrogen) atoms. The van der Waals surface area contributed by atoms with E-state index in [4.69, 9.17) is 10.5 Å². The number of nitrogens with two attached hydrogens (primary N) is 1. The molecule has 0 bridgehead atoms. The molecular formula is C12H16N2O2. The van der Waals surface area contributed by atoms with Crippen molar-refractivity contribution in [3.8, 4) is 5.75 Å². The highest BCUT2D eigenvalue weighted by atomic mass is 16.5. The Morgan fingerprint density at radius 2 is 2.12 bits per heavy atom. The van der Waals surface area contributed by atoms with Crippen molar-refractivity contribution >= 4 is 11.6 Å². The van der Waals surface area contributed by atoms with Crippen LogP contribution >= 0.6 is 0 Å². The fourth-order valence-corrected chi connectivity index (χ4v) is 1.92. The third kappa shape index (κ3) is 1.60. The summed E-state index contributed by atoms with van der Waals surface area (Å²) in [4.78, 5) is 13.5. The van der Waals surface area contributed by atoms with Gasteiger partial charge in [0.05, 0.1) is 18.2 Å². The number of hydrogen-bond acceptors (Lipinski definition) is 3. The minimum Gasteiger partial charge on any atom is -0.491 e. The fraction of sp³-hybridized carbons (Fsp3) is 0.417. The van der Waals surface area contributed by atoms with E-state index in [0.29, 0.717) is 17.8 Å². The van der Waals surface area contributed by atoms with Crippen LogP contribution in [0.3, 0.4) is 0 Å². The lowest BCUT2D eigenvalue weighted by Crippen LogP contribution is -2.18. The molecule has 1 aliphatic rings. The van der Waals surface area contributed by atoms with E-state index < -0.39 is 0 Å². The van der Waals surface area contributed by atoms with Gasteiger partial charge in [-0.3, -0.25) is 4.79 Å². The van der Waals surface area contributed by atoms with Crippen molar-refractivity contribution in [3.05, 3.63) is 23.3 Å². The second kappa shape index (κ2) is 3.70. The number of hydrogen-bond donors (Lipinski definition) is 1. The molecule has 0 spiro atoms. The molecule has 1 aromatic carbocycles. The molecule has 1 aromatic rings. The lowest BCUT2D eigenvalue weighted by atomic mass is 10.1. The molecule has 0 aromatic heterocycles. The lowest BCUT2D eigenvalue weighted by molar-refractivity contribution is 0.0817. The first-order valence-electron chi connectivity index (χ1n) is 5.34. The maximum absolute atomic E-state index is 11.8. The third-order valence-electron chi connectivity index (χ3n) is 2.62. The molecule has 4 nitrogen and oxygen atoms in total. The molecule has 0 fully saturated rings. The highest BCUT2D eigenvalue weighted by molar-refractivity contribution is 6.03. The van der Waals surface area contributed by atoms with Gasteiger partial charge in [-0.1, -0.05) is 0 Å². The highest BCUT2D eigenvalue weighted by Gasteiger charge is 2.29. The standard InChI is InChI=1S/C12H16N2O2/c1-7(2)16-10-5-4-9(13)11-8(10)6-14(3)12(11)15/h4-5,7H,6,13H2,1-3H3. The van der Waals surface area contributed by atoms with Gasteiger partial charge in [-0.2, -0.15) is 0 Å². The number of fused-ring (bicyclic) bond motifs is 1. The van der Waals surface area contributed by atoms with Crippen LogP contribution in [0.15, 0.2) is 12.1 Å². The van der Waals surface area contributed by atoms with Gasteiger partial charge < -0.3 is 15.4 Å². The average molecular weight is 220 g/mol. The number of ether oxygens (including phenoxy) is 1. The van der Waals surface area contributed by atoms with E-state index in [1.165, 1.54) is 0 Å². The van der Waals surface area contributed by atoms with Crippen molar-refractivity contribution in [2.45, 2.75) is 26.5 Å². The molecule has 0 unspecified atom stereocenters. The number of nitrogen functional groups attached to an aromatic ring is 1. The molecule has 0 saturated heterocycles. The number of carbonyl (C=O) groups is 1. The predicted molar refractivity (Wildman–Crippen MR) is 62.4 cm³/mol. The molecule has 4 heteroatoms. The molecule has 2 N–H and O–H groups in total. The molecule has 86 valence electrons. The van der Waals surface area contributed by atoms with Crippen LogP contribution in [-0.2, 0) is 6.54 Å². The van der Waals surface area contributed by atoms with Gasteiger partial charge in [0.2, 0.25) is 0 Å². The number of carbonyl (C=O) groups excluding carboxylic acids is 1. The smallest absolute Gasteiger partial charge is 0.256 e. The van der Waals surface area contributed by atoms with Gasteiger partial charge >= 0.3 is 0 Å². The topological polar surface area (TPSA) is 55.6 Å². The summed E-state index contributed by atoms with van der Waals surface area (Å²) in [7, 11) is 1.76. The molecule has 1 aliphatic heterocycles. The van der Waals surface area contributed by atoms with Crippen LogP contribution < -0.4 is 10.5 Å². The van der Waals surface area contributed by atoms with Crippen LogP contribution in [0.1, 0.15) is 29.8 Å². The van der Waals surface area contributed by atoms with E-state index in [1.807, 2.05) is 19.9 Å². The summed E-state index contributed by atoms with van der Waals surface area (Å²) in [6, 6.07) is 3.56. The quantitative estimate of drug-likeness (QED) is 0.771. The molecule has 0 radical (unpaired) electrons. The Kier molecular flexibility index (Phi) is 2.50. The van der Waals surface area contributed by atoms with Crippen molar-refractivity contribution < 1.29 is 9.53 Å². The second-order valence-electron chi connectivity index (χ2n) is 4.33. The Morgan fingerprint density at radius 1 is 1.44 bits per heavy atom. The van der Waals surface area contributed by atoms with Gasteiger partial charge in [0.15, 0.2) is 0 Å². The zero-order valence-corrected chi connectivity index (χ0v) is 9.78. The van der Waals surface area contributed by atoms with Crippen LogP contribution in [0, 0.1) is 0 Å². The number of nitrogens with zero attached hydrogens (tertiary/aromatic N) is 1. The van der Waals surface area contributed by atoms with Crippen LogP contribution in [0.25, 0.3) is 0 Å². The Hall–Kier alpha value is -1.71. The molecule has 0 saturated carbocycles. The van der Waals surface area contributed by atoms with Gasteiger partial charge in [0.25, 0.3) is 5.91 Å². The largest absolute Gasteiger partial charge is 0.491 e. The van der Waals surface area contributed by atoms with E-state index in [0.717, 1.165) is 11.3 Å². The minimum atomic E-state index is -0.0262. The predicted octanol–water partition coefficient (Wildman–Crippen LogP) is 1.64. The number of benzene rings is 1. The summed E-state index contributed by atoms with van der Waals surface area (Å²) in [5.41, 5.74) is 7.85. The summed E-state index contributed by atoms with van der Waals surface area (Å²) in [5.74, 6) is 0.735. The second-order valence-corrected chi connectivity index (χ2v) is 4.33. The zero-order valence-electron chi connectivity index (χ0n) is 9.78. The molecule has 1 heterocycles. The Labute approximate surface area is 95.0 Å². The molecule has 0 atom stereocenters. The normalized spacial score (nSPS) is 14.5. The van der Waals surface area contributed by atoms with Crippen LogP contribution in [0.5, 0.6) is 5.75 Å². The zero-order chi connectivity index (χ0) is 11.9.